The van der Waals surface area contributed by atoms with Gasteiger partial charge in [0, 0.05) is 37.8 Å². The smallest absolute Gasteiger partial charge is 0.308 e. The van der Waals surface area contributed by atoms with Gasteiger partial charge in [-0.25, -0.2) is 0 Å². The molecule has 4 bridgehead atoms. The van der Waals surface area contributed by atoms with Crippen LogP contribution in [0.5, 0.6) is 23.0 Å². The van der Waals surface area contributed by atoms with Gasteiger partial charge in [-0.1, -0.05) is 6.07 Å². The molecule has 3 rings (SSSR count). The molecule has 170 valence electrons. The van der Waals surface area contributed by atoms with Crippen molar-refractivity contribution in [1.29, 1.82) is 0 Å². The van der Waals surface area contributed by atoms with E-state index in [1.807, 2.05) is 18.2 Å². The Balaban J connectivity index is 2.31. The topological polar surface area (TPSA) is 88.1 Å². The first-order chi connectivity index (χ1) is 15.3. The van der Waals surface area contributed by atoms with E-state index in [1.54, 1.807) is 6.07 Å². The summed E-state index contributed by atoms with van der Waals surface area (Å²) in [6, 6.07) is 7.36. The van der Waals surface area contributed by atoms with Crippen molar-refractivity contribution in [2.75, 3.05) is 14.2 Å². The van der Waals surface area contributed by atoms with Crippen LogP contribution in [-0.4, -0.2) is 31.9 Å². The molecule has 2 aromatic carbocycles. The van der Waals surface area contributed by atoms with Gasteiger partial charge in [0.15, 0.2) is 11.5 Å². The average Bonchev–Trinajstić information content (AvgIpc) is 2.75. The molecule has 2 aromatic rings. The number of carbonyl (C=O) groups is 3. The van der Waals surface area contributed by atoms with Crippen LogP contribution in [0.1, 0.15) is 50.7 Å². The van der Waals surface area contributed by atoms with Crippen LogP contribution < -0.4 is 18.9 Å². The fourth-order valence-corrected chi connectivity index (χ4v) is 3.94. The minimum atomic E-state index is -0.477. The molecule has 0 saturated carbocycles. The van der Waals surface area contributed by atoms with Crippen LogP contribution in [0.2, 0.25) is 0 Å². The number of methoxy groups -OCH3 is 2. The van der Waals surface area contributed by atoms with Gasteiger partial charge >= 0.3 is 11.9 Å². The summed E-state index contributed by atoms with van der Waals surface area (Å²) in [7, 11) is 2.98. The van der Waals surface area contributed by atoms with Gasteiger partial charge in [-0.2, -0.15) is 0 Å². The average molecular weight is 440 g/mol. The summed E-state index contributed by atoms with van der Waals surface area (Å²) in [5.74, 6) is 0.604. The fourth-order valence-electron chi connectivity index (χ4n) is 3.94. The third-order valence-corrected chi connectivity index (χ3v) is 5.35. The molecule has 0 fully saturated rings. The molecule has 0 radical (unpaired) electrons. The van der Waals surface area contributed by atoms with Crippen LogP contribution in [-0.2, 0) is 27.2 Å². The Hall–Kier alpha value is -3.35. The summed E-state index contributed by atoms with van der Waals surface area (Å²) in [6.07, 6.45) is 3.59. The normalized spacial score (nSPS) is 13.8. The molecule has 1 aliphatic rings. The molecule has 0 aromatic heterocycles. The van der Waals surface area contributed by atoms with Crippen molar-refractivity contribution < 1.29 is 33.3 Å². The number of ketones is 1. The Kier molecular flexibility index (Phi) is 7.51. The summed E-state index contributed by atoms with van der Waals surface area (Å²) < 4.78 is 22.3. The first kappa shape index (κ1) is 23.3. The van der Waals surface area contributed by atoms with Gasteiger partial charge in [-0.05, 0) is 55.0 Å². The van der Waals surface area contributed by atoms with Crippen molar-refractivity contribution in [2.45, 2.75) is 52.4 Å². The zero-order chi connectivity index (χ0) is 23.3. The van der Waals surface area contributed by atoms with Gasteiger partial charge in [0.25, 0.3) is 0 Å². The van der Waals surface area contributed by atoms with E-state index >= 15 is 0 Å². The standard InChI is InChI=1S/C25H28O7/c1-15(26)31-22-12-10-17-9-11-19(28)8-6-5-7-18-14-21(20(22)13-17)24(29-3)25(30-4)23(18)32-16(2)27/h10,12-14H,5-9,11H2,1-4H3. The predicted octanol–water partition coefficient (Wildman–Crippen LogP) is 4.45. The maximum absolute atomic E-state index is 12.3. The highest BCUT2D eigenvalue weighted by molar-refractivity contribution is 5.85. The lowest BCUT2D eigenvalue weighted by Crippen LogP contribution is -2.08. The Bertz CT molecular complexity index is 1040. The largest absolute Gasteiger partial charge is 0.492 e. The Labute approximate surface area is 187 Å². The van der Waals surface area contributed by atoms with Crippen molar-refractivity contribution in [3.8, 4) is 34.1 Å². The third-order valence-electron chi connectivity index (χ3n) is 5.35. The molecule has 0 spiro atoms. The molecule has 0 amide bonds. The van der Waals surface area contributed by atoms with Crippen LogP contribution >= 0.6 is 0 Å². The predicted molar refractivity (Wildman–Crippen MR) is 118 cm³/mol. The maximum atomic E-state index is 12.3. The van der Waals surface area contributed by atoms with E-state index < -0.39 is 11.9 Å². The lowest BCUT2D eigenvalue weighted by molar-refractivity contribution is -0.132. The Morgan fingerprint density at radius 1 is 0.750 bits per heavy atom. The molecule has 0 aliphatic heterocycles. The van der Waals surface area contributed by atoms with Crippen LogP contribution in [0.15, 0.2) is 24.3 Å². The second-order valence-electron chi connectivity index (χ2n) is 7.74. The molecule has 0 N–H and O–H groups in total. The number of fused-ring (bicyclic) bond motifs is 5. The molecule has 0 atom stereocenters. The van der Waals surface area contributed by atoms with Crippen molar-refractivity contribution in [3.05, 3.63) is 35.4 Å². The van der Waals surface area contributed by atoms with Crippen molar-refractivity contribution in [1.82, 2.24) is 0 Å². The van der Waals surface area contributed by atoms with Crippen molar-refractivity contribution in [3.63, 3.8) is 0 Å². The van der Waals surface area contributed by atoms with Crippen LogP contribution in [0.3, 0.4) is 0 Å². The molecule has 7 nitrogen and oxygen atoms in total. The van der Waals surface area contributed by atoms with Crippen molar-refractivity contribution >= 4 is 17.7 Å². The first-order valence-corrected chi connectivity index (χ1v) is 10.6. The van der Waals surface area contributed by atoms with E-state index in [-0.39, 0.29) is 5.78 Å². The zero-order valence-corrected chi connectivity index (χ0v) is 18.9. The Morgan fingerprint density at radius 2 is 1.44 bits per heavy atom. The van der Waals surface area contributed by atoms with E-state index in [1.165, 1.54) is 28.1 Å². The zero-order valence-electron chi connectivity index (χ0n) is 18.9. The first-order valence-electron chi connectivity index (χ1n) is 10.6. The second kappa shape index (κ2) is 10.3. The van der Waals surface area contributed by atoms with Crippen LogP contribution in [0, 0.1) is 0 Å². The molecular formula is C25H28O7. The van der Waals surface area contributed by atoms with Gasteiger partial charge in [0.1, 0.15) is 11.5 Å². The number of hydrogen-bond acceptors (Lipinski definition) is 7. The van der Waals surface area contributed by atoms with Gasteiger partial charge in [0.05, 0.1) is 14.2 Å². The minimum absolute atomic E-state index is 0.205. The minimum Gasteiger partial charge on any atom is -0.492 e. The van der Waals surface area contributed by atoms with E-state index in [0.29, 0.717) is 59.8 Å². The maximum Gasteiger partial charge on any atom is 0.308 e. The number of benzene rings is 2. The highest BCUT2D eigenvalue weighted by Gasteiger charge is 2.25. The fraction of sp³-hybridized carbons (Fsp3) is 0.400. The number of esters is 2. The molecular weight excluding hydrogens is 412 g/mol. The summed E-state index contributed by atoms with van der Waals surface area (Å²) in [6.45, 7) is 2.67. The number of ether oxygens (including phenoxy) is 4. The number of carbonyl (C=O) groups excluding carboxylic acids is 3. The number of Topliss-reactive ketones (excluding diaryl/α,β-unsaturated/α-hetero) is 1. The van der Waals surface area contributed by atoms with Crippen LogP contribution in [0.4, 0.5) is 0 Å². The summed E-state index contributed by atoms with van der Waals surface area (Å²) in [5, 5.41) is 0. The highest BCUT2D eigenvalue weighted by atomic mass is 16.6. The summed E-state index contributed by atoms with van der Waals surface area (Å²) >= 11 is 0. The SMILES string of the molecule is COc1c2cc(c(OC(C)=O)c1OC)CCCCC(=O)CCc1ccc(OC(C)=O)c-2c1. The highest BCUT2D eigenvalue weighted by Crippen LogP contribution is 2.49. The second-order valence-corrected chi connectivity index (χ2v) is 7.74. The molecule has 1 aliphatic carbocycles. The molecule has 0 saturated heterocycles. The van der Waals surface area contributed by atoms with Gasteiger partial charge in [0.2, 0.25) is 5.75 Å². The summed E-state index contributed by atoms with van der Waals surface area (Å²) in [4.78, 5) is 35.9. The number of hydrogen-bond donors (Lipinski definition) is 0. The number of rotatable bonds is 4. The number of aryl methyl sites for hydroxylation is 2. The van der Waals surface area contributed by atoms with E-state index in [0.717, 1.165) is 24.0 Å². The van der Waals surface area contributed by atoms with E-state index in [4.69, 9.17) is 18.9 Å². The lowest BCUT2D eigenvalue weighted by atomic mass is 9.95. The van der Waals surface area contributed by atoms with Gasteiger partial charge < -0.3 is 18.9 Å². The molecule has 32 heavy (non-hydrogen) atoms. The van der Waals surface area contributed by atoms with Gasteiger partial charge in [-0.15, -0.1) is 0 Å². The van der Waals surface area contributed by atoms with Gasteiger partial charge in [-0.3, -0.25) is 14.4 Å². The lowest BCUT2D eigenvalue weighted by Gasteiger charge is -2.21. The monoisotopic (exact) mass is 440 g/mol. The quantitative estimate of drug-likeness (QED) is 0.513. The van der Waals surface area contributed by atoms with E-state index in [2.05, 4.69) is 0 Å². The summed E-state index contributed by atoms with van der Waals surface area (Å²) in [5.41, 5.74) is 2.97. The Morgan fingerprint density at radius 3 is 2.09 bits per heavy atom. The molecule has 0 heterocycles. The van der Waals surface area contributed by atoms with Crippen molar-refractivity contribution in [2.24, 2.45) is 0 Å². The molecule has 7 heteroatoms. The van der Waals surface area contributed by atoms with E-state index in [9.17, 15) is 14.4 Å². The molecule has 0 unspecified atom stereocenters. The third kappa shape index (κ3) is 5.28. The van der Waals surface area contributed by atoms with Crippen LogP contribution in [0.25, 0.3) is 11.1 Å².